The molecule has 0 aliphatic heterocycles. The Morgan fingerprint density at radius 1 is 1.12 bits per heavy atom. The third-order valence-electron chi connectivity index (χ3n) is 4.11. The second kappa shape index (κ2) is 7.48. The summed E-state index contributed by atoms with van der Waals surface area (Å²) in [5.41, 5.74) is 0.547. The van der Waals surface area contributed by atoms with E-state index in [9.17, 15) is 5.11 Å². The summed E-state index contributed by atoms with van der Waals surface area (Å²) in [6, 6.07) is 12.8. The minimum Gasteiger partial charge on any atom is -0.497 e. The highest BCUT2D eigenvalue weighted by Gasteiger charge is 2.30. The molecule has 0 saturated carbocycles. The number of halogens is 2. The summed E-state index contributed by atoms with van der Waals surface area (Å²) in [4.78, 5) is 4.05. The molecule has 1 heterocycles. The summed E-state index contributed by atoms with van der Waals surface area (Å²) >= 11 is 12.1. The summed E-state index contributed by atoms with van der Waals surface area (Å²) in [5.74, 6) is 0.739. The molecule has 0 aliphatic rings. The Balaban J connectivity index is 1.96. The van der Waals surface area contributed by atoms with Crippen molar-refractivity contribution in [2.45, 2.75) is 18.6 Å². The van der Waals surface area contributed by atoms with E-state index in [0.717, 1.165) is 16.9 Å². The zero-order valence-electron chi connectivity index (χ0n) is 13.7. The summed E-state index contributed by atoms with van der Waals surface area (Å²) in [6.45, 7) is 0.361. The quantitative estimate of drug-likeness (QED) is 0.696. The fourth-order valence-corrected chi connectivity index (χ4v) is 3.14. The largest absolute Gasteiger partial charge is 0.497 e. The van der Waals surface area contributed by atoms with Gasteiger partial charge < -0.3 is 14.4 Å². The van der Waals surface area contributed by atoms with Crippen LogP contribution >= 0.6 is 23.2 Å². The molecule has 0 fully saturated rings. The molecular weight excluding hydrogens is 359 g/mol. The van der Waals surface area contributed by atoms with Crippen molar-refractivity contribution in [2.24, 2.45) is 0 Å². The lowest BCUT2D eigenvalue weighted by Gasteiger charge is -2.29. The Kier molecular flexibility index (Phi) is 5.33. The van der Waals surface area contributed by atoms with Crippen molar-refractivity contribution >= 4 is 23.2 Å². The highest BCUT2D eigenvalue weighted by atomic mass is 35.5. The predicted octanol–water partition coefficient (Wildman–Crippen LogP) is 4.33. The summed E-state index contributed by atoms with van der Waals surface area (Å²) in [6.07, 6.45) is 5.58. The maximum atomic E-state index is 11.5. The summed E-state index contributed by atoms with van der Waals surface area (Å²) < 4.78 is 7.05. The summed E-state index contributed by atoms with van der Waals surface area (Å²) in [7, 11) is 1.61. The van der Waals surface area contributed by atoms with Crippen molar-refractivity contribution in [2.75, 3.05) is 7.11 Å². The molecule has 3 rings (SSSR count). The normalized spacial score (nSPS) is 13.4. The first-order chi connectivity index (χ1) is 12.0. The van der Waals surface area contributed by atoms with Crippen LogP contribution in [0.15, 0.2) is 61.2 Å². The Bertz CT molecular complexity index is 835. The molecule has 0 saturated heterocycles. The zero-order chi connectivity index (χ0) is 17.9. The first kappa shape index (κ1) is 17.8. The van der Waals surface area contributed by atoms with Gasteiger partial charge in [0, 0.05) is 18.8 Å². The molecule has 4 nitrogen and oxygen atoms in total. The van der Waals surface area contributed by atoms with Crippen LogP contribution in [-0.2, 0) is 18.6 Å². The van der Waals surface area contributed by atoms with Gasteiger partial charge in [0.25, 0.3) is 0 Å². The lowest BCUT2D eigenvalue weighted by molar-refractivity contribution is 0.0185. The zero-order valence-corrected chi connectivity index (χ0v) is 15.2. The number of rotatable bonds is 6. The molecule has 0 bridgehead atoms. The van der Waals surface area contributed by atoms with Gasteiger partial charge in [-0.05, 0) is 35.4 Å². The van der Waals surface area contributed by atoms with Crippen molar-refractivity contribution in [3.63, 3.8) is 0 Å². The average molecular weight is 377 g/mol. The molecule has 1 atom stereocenters. The lowest BCUT2D eigenvalue weighted by Crippen LogP contribution is -2.33. The average Bonchev–Trinajstić information content (AvgIpc) is 3.11. The van der Waals surface area contributed by atoms with Crippen LogP contribution < -0.4 is 4.74 Å². The van der Waals surface area contributed by atoms with Crippen LogP contribution in [0.4, 0.5) is 0 Å². The number of aliphatic hydroxyl groups is 1. The molecule has 3 aromatic rings. The van der Waals surface area contributed by atoms with Gasteiger partial charge in [-0.2, -0.15) is 0 Å². The molecule has 0 amide bonds. The van der Waals surface area contributed by atoms with E-state index in [1.54, 1.807) is 31.8 Å². The van der Waals surface area contributed by atoms with Gasteiger partial charge in [0.15, 0.2) is 0 Å². The van der Waals surface area contributed by atoms with Crippen molar-refractivity contribution in [3.05, 3.63) is 82.4 Å². The van der Waals surface area contributed by atoms with Gasteiger partial charge in [0.05, 0.1) is 30.0 Å². The predicted molar refractivity (Wildman–Crippen MR) is 99.3 cm³/mol. The molecular formula is C19H18Cl2N2O2. The van der Waals surface area contributed by atoms with Gasteiger partial charge in [-0.15, -0.1) is 0 Å². The SMILES string of the molecule is COc1ccc(C(O)(Cc2ccc(Cl)c(Cl)c2)Cn2ccnc2)cc1. The fourth-order valence-electron chi connectivity index (χ4n) is 2.82. The molecule has 130 valence electrons. The van der Waals surface area contributed by atoms with Gasteiger partial charge in [-0.1, -0.05) is 41.4 Å². The van der Waals surface area contributed by atoms with E-state index in [1.807, 2.05) is 41.1 Å². The first-order valence-corrected chi connectivity index (χ1v) is 8.52. The molecule has 0 radical (unpaired) electrons. The van der Waals surface area contributed by atoms with Crippen molar-refractivity contribution in [3.8, 4) is 5.75 Å². The van der Waals surface area contributed by atoms with Gasteiger partial charge in [0.2, 0.25) is 0 Å². The smallest absolute Gasteiger partial charge is 0.118 e. The van der Waals surface area contributed by atoms with Gasteiger partial charge in [-0.3, -0.25) is 0 Å². The van der Waals surface area contributed by atoms with E-state index in [1.165, 1.54) is 0 Å². The number of aromatic nitrogens is 2. The number of benzene rings is 2. The number of methoxy groups -OCH3 is 1. The van der Waals surface area contributed by atoms with E-state index in [-0.39, 0.29) is 0 Å². The molecule has 25 heavy (non-hydrogen) atoms. The molecule has 6 heteroatoms. The number of imidazole rings is 1. The molecule has 0 aliphatic carbocycles. The van der Waals surface area contributed by atoms with E-state index >= 15 is 0 Å². The second-order valence-corrected chi connectivity index (χ2v) is 6.73. The highest BCUT2D eigenvalue weighted by Crippen LogP contribution is 2.31. The summed E-state index contributed by atoms with van der Waals surface area (Å²) in [5, 5.41) is 12.4. The first-order valence-electron chi connectivity index (χ1n) is 7.77. The maximum Gasteiger partial charge on any atom is 0.118 e. The van der Waals surface area contributed by atoms with Crippen molar-refractivity contribution in [1.82, 2.24) is 9.55 Å². The van der Waals surface area contributed by atoms with Crippen LogP contribution in [0.1, 0.15) is 11.1 Å². The Morgan fingerprint density at radius 3 is 2.48 bits per heavy atom. The van der Waals surface area contributed by atoms with Crippen LogP contribution in [0.2, 0.25) is 10.0 Å². The Morgan fingerprint density at radius 2 is 1.88 bits per heavy atom. The minimum atomic E-state index is -1.13. The van der Waals surface area contributed by atoms with Crippen LogP contribution in [0.25, 0.3) is 0 Å². The van der Waals surface area contributed by atoms with Crippen LogP contribution in [0.3, 0.4) is 0 Å². The van der Waals surface area contributed by atoms with Crippen LogP contribution in [-0.4, -0.2) is 21.8 Å². The van der Waals surface area contributed by atoms with Crippen LogP contribution in [0.5, 0.6) is 5.75 Å². The number of hydrogen-bond acceptors (Lipinski definition) is 3. The molecule has 1 aromatic heterocycles. The monoisotopic (exact) mass is 376 g/mol. The second-order valence-electron chi connectivity index (χ2n) is 5.92. The topological polar surface area (TPSA) is 47.3 Å². The molecule has 1 N–H and O–H groups in total. The standard InChI is InChI=1S/C19H18Cl2N2O2/c1-25-16-5-3-15(4-6-16)19(24,12-23-9-8-22-13-23)11-14-2-7-17(20)18(21)10-14/h2-10,13,24H,11-12H2,1H3. The van der Waals surface area contributed by atoms with E-state index < -0.39 is 5.60 Å². The van der Waals surface area contributed by atoms with Gasteiger partial charge >= 0.3 is 0 Å². The number of hydrogen-bond donors (Lipinski definition) is 1. The lowest BCUT2D eigenvalue weighted by atomic mass is 9.87. The number of ether oxygens (including phenoxy) is 1. The van der Waals surface area contributed by atoms with E-state index in [4.69, 9.17) is 27.9 Å². The van der Waals surface area contributed by atoms with Crippen molar-refractivity contribution < 1.29 is 9.84 Å². The third kappa shape index (κ3) is 4.15. The Hall–Kier alpha value is -2.01. The number of nitrogens with zero attached hydrogens (tertiary/aromatic N) is 2. The van der Waals surface area contributed by atoms with E-state index in [0.29, 0.717) is 23.0 Å². The highest BCUT2D eigenvalue weighted by molar-refractivity contribution is 6.42. The maximum absolute atomic E-state index is 11.5. The minimum absolute atomic E-state index is 0.361. The fraction of sp³-hybridized carbons (Fsp3) is 0.211. The Labute approximate surface area is 156 Å². The van der Waals surface area contributed by atoms with Gasteiger partial charge in [0.1, 0.15) is 11.4 Å². The third-order valence-corrected chi connectivity index (χ3v) is 4.85. The van der Waals surface area contributed by atoms with Crippen LogP contribution in [0, 0.1) is 0 Å². The van der Waals surface area contributed by atoms with Gasteiger partial charge in [-0.25, -0.2) is 4.98 Å². The molecule has 2 aromatic carbocycles. The van der Waals surface area contributed by atoms with Crippen molar-refractivity contribution in [1.29, 1.82) is 0 Å². The molecule has 1 unspecified atom stereocenters. The molecule has 0 spiro atoms. The van der Waals surface area contributed by atoms with E-state index in [2.05, 4.69) is 4.98 Å².